The fourth-order valence-corrected chi connectivity index (χ4v) is 1.18. The molecule has 0 amide bonds. The summed E-state index contributed by atoms with van der Waals surface area (Å²) >= 11 is 3.92. The molecule has 0 saturated carbocycles. The summed E-state index contributed by atoms with van der Waals surface area (Å²) in [6.45, 7) is 0.150. The summed E-state index contributed by atoms with van der Waals surface area (Å²) in [5.41, 5.74) is -2.33. The van der Waals surface area contributed by atoms with Crippen LogP contribution in [0.1, 0.15) is 0 Å². The van der Waals surface area contributed by atoms with Crippen LogP contribution in [0.25, 0.3) is 0 Å². The van der Waals surface area contributed by atoms with E-state index in [2.05, 4.69) is 12.6 Å². The summed E-state index contributed by atoms with van der Waals surface area (Å²) in [5, 5.41) is 10.5. The summed E-state index contributed by atoms with van der Waals surface area (Å²) in [7, 11) is 0. The van der Waals surface area contributed by atoms with Crippen molar-refractivity contribution in [2.45, 2.75) is 6.54 Å². The third kappa shape index (κ3) is 2.83. The van der Waals surface area contributed by atoms with E-state index in [4.69, 9.17) is 0 Å². The molecule has 1 heterocycles. The Labute approximate surface area is 95.0 Å². The normalized spacial score (nSPS) is 10.8. The first-order chi connectivity index (χ1) is 7.56. The molecule has 0 fully saturated rings. The second kappa shape index (κ2) is 5.31. The van der Waals surface area contributed by atoms with Gasteiger partial charge in [0.2, 0.25) is 0 Å². The van der Waals surface area contributed by atoms with Gasteiger partial charge in [0.1, 0.15) is 0 Å². The van der Waals surface area contributed by atoms with Crippen molar-refractivity contribution < 1.29 is 4.92 Å². The maximum Gasteiger partial charge on any atom is 0.350 e. The number of rotatable bonds is 4. The molecule has 0 aromatic carbocycles. The molecule has 0 bridgehead atoms. The average molecular weight is 243 g/mol. The van der Waals surface area contributed by atoms with Crippen LogP contribution in [0.15, 0.2) is 27.9 Å². The molecule has 1 aromatic rings. The number of thiol groups is 1. The number of aromatic amines is 1. The van der Waals surface area contributed by atoms with Gasteiger partial charge in [0.25, 0.3) is 0 Å². The van der Waals surface area contributed by atoms with Crippen LogP contribution in [0, 0.1) is 10.1 Å². The van der Waals surface area contributed by atoms with E-state index in [1.165, 1.54) is 0 Å². The zero-order valence-corrected chi connectivity index (χ0v) is 9.02. The minimum atomic E-state index is -0.996. The number of hydrogen-bond acceptors (Lipinski definition) is 5. The Balaban J connectivity index is 3.15. The Kier molecular flexibility index (Phi) is 4.06. The van der Waals surface area contributed by atoms with Gasteiger partial charge in [-0.15, -0.1) is 0 Å². The average Bonchev–Trinajstić information content (AvgIpc) is 2.21. The number of nitrogens with one attached hydrogen (secondary N) is 1. The van der Waals surface area contributed by atoms with E-state index in [1.807, 2.05) is 4.98 Å². The summed E-state index contributed by atoms with van der Waals surface area (Å²) in [6, 6.07) is 0. The molecule has 0 saturated heterocycles. The molecule has 0 atom stereocenters. The lowest BCUT2D eigenvalue weighted by molar-refractivity contribution is -0.386. The van der Waals surface area contributed by atoms with E-state index in [9.17, 15) is 19.7 Å². The molecule has 1 aromatic heterocycles. The van der Waals surface area contributed by atoms with Crippen molar-refractivity contribution in [3.8, 4) is 0 Å². The highest BCUT2D eigenvalue weighted by Crippen LogP contribution is 1.98. The number of aromatic nitrogens is 2. The van der Waals surface area contributed by atoms with Gasteiger partial charge < -0.3 is 0 Å². The van der Waals surface area contributed by atoms with Crippen LogP contribution in [-0.2, 0) is 6.54 Å². The van der Waals surface area contributed by atoms with Crippen molar-refractivity contribution in [2.75, 3.05) is 5.75 Å². The first kappa shape index (κ1) is 12.2. The second-order valence-electron chi connectivity index (χ2n) is 2.84. The minimum Gasteiger partial charge on any atom is -0.290 e. The van der Waals surface area contributed by atoms with E-state index < -0.39 is 21.9 Å². The fraction of sp³-hybridized carbons (Fsp3) is 0.250. The topological polar surface area (TPSA) is 98.0 Å². The first-order valence-corrected chi connectivity index (χ1v) is 4.93. The Hall–Kier alpha value is -1.83. The van der Waals surface area contributed by atoms with Crippen LogP contribution in [0.2, 0.25) is 0 Å². The summed E-state index contributed by atoms with van der Waals surface area (Å²) in [5.74, 6) is 0.500. The monoisotopic (exact) mass is 243 g/mol. The third-order valence-electron chi connectivity index (χ3n) is 1.76. The summed E-state index contributed by atoms with van der Waals surface area (Å²) in [6.07, 6.45) is 4.23. The Morgan fingerprint density at radius 3 is 2.75 bits per heavy atom. The maximum atomic E-state index is 11.2. The van der Waals surface area contributed by atoms with Crippen LogP contribution in [0.5, 0.6) is 0 Å². The summed E-state index contributed by atoms with van der Waals surface area (Å²) < 4.78 is 1.04. The van der Waals surface area contributed by atoms with E-state index in [0.717, 1.165) is 10.8 Å². The van der Waals surface area contributed by atoms with Crippen LogP contribution in [0.3, 0.4) is 0 Å². The largest absolute Gasteiger partial charge is 0.350 e. The molecule has 16 heavy (non-hydrogen) atoms. The molecule has 0 radical (unpaired) electrons. The number of nitrogens with zero attached hydrogens (tertiary/aromatic N) is 2. The minimum absolute atomic E-state index is 0.150. The first-order valence-electron chi connectivity index (χ1n) is 4.30. The lowest BCUT2D eigenvalue weighted by Gasteiger charge is -1.99. The smallest absolute Gasteiger partial charge is 0.290 e. The highest BCUT2D eigenvalue weighted by atomic mass is 32.1. The van der Waals surface area contributed by atoms with Gasteiger partial charge in [-0.25, -0.2) is 4.79 Å². The van der Waals surface area contributed by atoms with E-state index >= 15 is 0 Å². The van der Waals surface area contributed by atoms with Crippen LogP contribution in [0.4, 0.5) is 5.69 Å². The van der Waals surface area contributed by atoms with Gasteiger partial charge in [-0.05, 0) is 0 Å². The molecule has 7 nitrogen and oxygen atoms in total. The van der Waals surface area contributed by atoms with Crippen LogP contribution in [-0.4, -0.2) is 20.2 Å². The van der Waals surface area contributed by atoms with Gasteiger partial charge in [-0.2, -0.15) is 12.6 Å². The molecule has 0 spiro atoms. The summed E-state index contributed by atoms with van der Waals surface area (Å²) in [4.78, 5) is 33.8. The van der Waals surface area contributed by atoms with Crippen LogP contribution >= 0.6 is 12.6 Å². The van der Waals surface area contributed by atoms with Gasteiger partial charge in [0.15, 0.2) is 0 Å². The van der Waals surface area contributed by atoms with E-state index in [0.29, 0.717) is 5.75 Å². The zero-order chi connectivity index (χ0) is 12.1. The predicted octanol–water partition coefficient (Wildman–Crippen LogP) is -0.0692. The third-order valence-corrected chi connectivity index (χ3v) is 1.97. The SMILES string of the molecule is O=c1[nH]c(=O)n(CC=CCS)cc1[N+](=O)[O-]. The Morgan fingerprint density at radius 2 is 2.19 bits per heavy atom. The van der Waals surface area contributed by atoms with Crippen molar-refractivity contribution >= 4 is 18.3 Å². The Morgan fingerprint density at radius 1 is 1.50 bits per heavy atom. The molecule has 1 N–H and O–H groups in total. The molecule has 0 unspecified atom stereocenters. The molecular weight excluding hydrogens is 234 g/mol. The number of allylic oxidation sites excluding steroid dienone is 1. The van der Waals surface area contributed by atoms with Crippen molar-refractivity contribution in [1.82, 2.24) is 9.55 Å². The van der Waals surface area contributed by atoms with E-state index in [-0.39, 0.29) is 6.54 Å². The van der Waals surface area contributed by atoms with Gasteiger partial charge in [0, 0.05) is 12.3 Å². The lowest BCUT2D eigenvalue weighted by Crippen LogP contribution is -2.30. The molecule has 0 aliphatic heterocycles. The van der Waals surface area contributed by atoms with Crippen molar-refractivity contribution in [3.05, 3.63) is 49.3 Å². The second-order valence-corrected chi connectivity index (χ2v) is 3.20. The van der Waals surface area contributed by atoms with Crippen molar-refractivity contribution in [1.29, 1.82) is 0 Å². The van der Waals surface area contributed by atoms with Crippen molar-refractivity contribution in [2.24, 2.45) is 0 Å². The van der Waals surface area contributed by atoms with Gasteiger partial charge in [-0.1, -0.05) is 12.2 Å². The molecule has 1 rings (SSSR count). The molecule has 0 aliphatic carbocycles. The number of nitro groups is 1. The predicted molar refractivity (Wildman–Crippen MR) is 61.0 cm³/mol. The zero-order valence-electron chi connectivity index (χ0n) is 8.12. The molecular formula is C8H9N3O4S. The lowest BCUT2D eigenvalue weighted by atomic mass is 10.5. The van der Waals surface area contributed by atoms with Gasteiger partial charge >= 0.3 is 16.9 Å². The number of H-pyrrole nitrogens is 1. The quantitative estimate of drug-likeness (QED) is 0.335. The highest BCUT2D eigenvalue weighted by molar-refractivity contribution is 7.80. The number of hydrogen-bond donors (Lipinski definition) is 2. The standard InChI is InChI=1S/C8H9N3O4S/c12-7-6(11(14)15)5-10(8(13)9-7)3-1-2-4-16/h1-2,5,16H,3-4H2,(H,9,12,13). The maximum absolute atomic E-state index is 11.2. The van der Waals surface area contributed by atoms with Gasteiger partial charge in [0.05, 0.1) is 11.1 Å². The van der Waals surface area contributed by atoms with E-state index in [1.54, 1.807) is 12.2 Å². The fourth-order valence-electron chi connectivity index (χ4n) is 1.03. The molecule has 8 heteroatoms. The Bertz CT molecular complexity index is 531. The molecule has 86 valence electrons. The highest BCUT2D eigenvalue weighted by Gasteiger charge is 2.13. The van der Waals surface area contributed by atoms with Crippen LogP contribution < -0.4 is 11.2 Å². The van der Waals surface area contributed by atoms with Gasteiger partial charge in [-0.3, -0.25) is 24.5 Å². The van der Waals surface area contributed by atoms with Crippen molar-refractivity contribution in [3.63, 3.8) is 0 Å². The molecule has 0 aliphatic rings.